The third-order valence-corrected chi connectivity index (χ3v) is 2.48. The maximum Gasteiger partial charge on any atom is 0.340 e. The fraction of sp³-hybridized carbons (Fsp3) is 0.500. The molecule has 0 radical (unpaired) electrons. The predicted molar refractivity (Wildman–Crippen MR) is 70.1 cm³/mol. The summed E-state index contributed by atoms with van der Waals surface area (Å²) in [4.78, 5) is 11.9. The molecule has 0 bridgehead atoms. The summed E-state index contributed by atoms with van der Waals surface area (Å²) in [5.41, 5.74) is 7.78. The number of hydrogen-bond donors (Lipinski definition) is 1. The highest BCUT2D eigenvalue weighted by Crippen LogP contribution is 2.26. The number of ether oxygens (including phenoxy) is 1. The fourth-order valence-corrected chi connectivity index (χ4v) is 1.48. The molecule has 0 spiro atoms. The number of carbonyl (C=O) groups excluding carboxylic acids is 1. The molecule has 0 fully saturated rings. The number of nitrogen functional groups attached to an aromatic ring is 1. The Bertz CT molecular complexity index is 417. The van der Waals surface area contributed by atoms with Gasteiger partial charge in [0.1, 0.15) is 0 Å². The number of hydrogen-bond acceptors (Lipinski definition) is 3. The number of carbonyl (C=O) groups is 1. The molecule has 0 saturated carbocycles. The van der Waals surface area contributed by atoms with Crippen molar-refractivity contribution in [3.05, 3.63) is 29.3 Å². The van der Waals surface area contributed by atoms with E-state index in [2.05, 4.69) is 20.8 Å². The molecule has 0 saturated heterocycles. The summed E-state index contributed by atoms with van der Waals surface area (Å²) in [5.74, 6) is -0.358. The monoisotopic (exact) mass is 235 g/mol. The summed E-state index contributed by atoms with van der Waals surface area (Å²) in [5, 5.41) is 0. The second-order valence-corrected chi connectivity index (χ2v) is 5.51. The summed E-state index contributed by atoms with van der Waals surface area (Å²) in [7, 11) is 0. The minimum Gasteiger partial charge on any atom is -0.459 e. The van der Waals surface area contributed by atoms with Crippen LogP contribution in [-0.4, -0.2) is 12.1 Å². The van der Waals surface area contributed by atoms with Gasteiger partial charge >= 0.3 is 5.97 Å². The van der Waals surface area contributed by atoms with Crippen molar-refractivity contribution < 1.29 is 9.53 Å². The van der Waals surface area contributed by atoms with E-state index in [0.717, 1.165) is 5.56 Å². The highest BCUT2D eigenvalue weighted by Gasteiger charge is 2.19. The molecule has 0 atom stereocenters. The normalized spacial score (nSPS) is 11.6. The van der Waals surface area contributed by atoms with Crippen LogP contribution in [-0.2, 0) is 10.2 Å². The van der Waals surface area contributed by atoms with Gasteiger partial charge in [0, 0.05) is 5.69 Å². The van der Waals surface area contributed by atoms with Crippen LogP contribution in [0, 0.1) is 0 Å². The Balaban J connectivity index is 3.11. The average molecular weight is 235 g/mol. The zero-order chi connectivity index (χ0) is 13.2. The molecule has 1 aromatic carbocycles. The van der Waals surface area contributed by atoms with Crippen molar-refractivity contribution in [3.63, 3.8) is 0 Å². The topological polar surface area (TPSA) is 52.3 Å². The number of esters is 1. The quantitative estimate of drug-likeness (QED) is 0.633. The molecule has 3 heteroatoms. The zero-order valence-corrected chi connectivity index (χ0v) is 11.2. The van der Waals surface area contributed by atoms with Crippen molar-refractivity contribution in [1.29, 1.82) is 0 Å². The van der Waals surface area contributed by atoms with Crippen molar-refractivity contribution in [2.75, 3.05) is 5.73 Å². The lowest BCUT2D eigenvalue weighted by atomic mass is 9.86. The van der Waals surface area contributed by atoms with Crippen LogP contribution in [0.1, 0.15) is 50.5 Å². The third-order valence-electron chi connectivity index (χ3n) is 2.48. The van der Waals surface area contributed by atoms with Gasteiger partial charge in [-0.15, -0.1) is 0 Å². The molecule has 1 rings (SSSR count). The van der Waals surface area contributed by atoms with Gasteiger partial charge in [-0.25, -0.2) is 4.79 Å². The Labute approximate surface area is 103 Å². The number of benzene rings is 1. The molecule has 94 valence electrons. The van der Waals surface area contributed by atoms with E-state index in [-0.39, 0.29) is 17.5 Å². The van der Waals surface area contributed by atoms with Crippen LogP contribution in [0.25, 0.3) is 0 Å². The van der Waals surface area contributed by atoms with Crippen LogP contribution < -0.4 is 5.73 Å². The van der Waals surface area contributed by atoms with E-state index >= 15 is 0 Å². The van der Waals surface area contributed by atoms with E-state index in [9.17, 15) is 4.79 Å². The van der Waals surface area contributed by atoms with Gasteiger partial charge in [0.25, 0.3) is 0 Å². The SMILES string of the molecule is CC(C)OC(=O)c1cc(C(C)(C)C)ccc1N. The molecule has 0 amide bonds. The Kier molecular flexibility index (Phi) is 3.81. The summed E-state index contributed by atoms with van der Waals surface area (Å²) >= 11 is 0. The molecule has 0 aliphatic heterocycles. The molecule has 1 aromatic rings. The zero-order valence-electron chi connectivity index (χ0n) is 11.2. The van der Waals surface area contributed by atoms with E-state index in [4.69, 9.17) is 10.5 Å². The van der Waals surface area contributed by atoms with Gasteiger partial charge in [-0.2, -0.15) is 0 Å². The molecular formula is C14H21NO2. The average Bonchev–Trinajstić information content (AvgIpc) is 2.15. The standard InChI is InChI=1S/C14H21NO2/c1-9(2)17-13(16)11-8-10(14(3,4)5)6-7-12(11)15/h6-9H,15H2,1-5H3. The maximum absolute atomic E-state index is 11.9. The number of rotatable bonds is 2. The van der Waals surface area contributed by atoms with Gasteiger partial charge in [0.15, 0.2) is 0 Å². The van der Waals surface area contributed by atoms with E-state index in [1.165, 1.54) is 0 Å². The Hall–Kier alpha value is -1.51. The molecule has 0 unspecified atom stereocenters. The molecule has 2 N–H and O–H groups in total. The predicted octanol–water partition coefficient (Wildman–Crippen LogP) is 3.13. The molecule has 17 heavy (non-hydrogen) atoms. The van der Waals surface area contributed by atoms with Crippen molar-refractivity contribution in [2.24, 2.45) is 0 Å². The fourth-order valence-electron chi connectivity index (χ4n) is 1.48. The minimum atomic E-state index is -0.358. The van der Waals surface area contributed by atoms with Crippen LogP contribution in [0.4, 0.5) is 5.69 Å². The lowest BCUT2D eigenvalue weighted by molar-refractivity contribution is 0.0379. The van der Waals surface area contributed by atoms with Crippen LogP contribution in [0.3, 0.4) is 0 Å². The van der Waals surface area contributed by atoms with E-state index < -0.39 is 0 Å². The van der Waals surface area contributed by atoms with Crippen molar-refractivity contribution in [1.82, 2.24) is 0 Å². The van der Waals surface area contributed by atoms with E-state index in [1.807, 2.05) is 26.0 Å². The van der Waals surface area contributed by atoms with Crippen LogP contribution in [0.2, 0.25) is 0 Å². The first-order valence-electron chi connectivity index (χ1n) is 5.83. The molecular weight excluding hydrogens is 214 g/mol. The van der Waals surface area contributed by atoms with Gasteiger partial charge in [0.2, 0.25) is 0 Å². The van der Waals surface area contributed by atoms with Crippen LogP contribution in [0.5, 0.6) is 0 Å². The molecule has 0 heterocycles. The van der Waals surface area contributed by atoms with Gasteiger partial charge < -0.3 is 10.5 Å². The second kappa shape index (κ2) is 4.78. The summed E-state index contributed by atoms with van der Waals surface area (Å²) in [6.07, 6.45) is -0.139. The summed E-state index contributed by atoms with van der Waals surface area (Å²) in [6.45, 7) is 9.92. The molecule has 0 aliphatic carbocycles. The van der Waals surface area contributed by atoms with Gasteiger partial charge in [-0.3, -0.25) is 0 Å². The lowest BCUT2D eigenvalue weighted by Gasteiger charge is -2.20. The Morgan fingerprint density at radius 3 is 2.35 bits per heavy atom. The van der Waals surface area contributed by atoms with Gasteiger partial charge in [0.05, 0.1) is 11.7 Å². The molecule has 0 aliphatic rings. The van der Waals surface area contributed by atoms with Crippen molar-refractivity contribution >= 4 is 11.7 Å². The molecule has 0 aromatic heterocycles. The van der Waals surface area contributed by atoms with E-state index in [0.29, 0.717) is 11.3 Å². The van der Waals surface area contributed by atoms with Crippen molar-refractivity contribution in [2.45, 2.75) is 46.1 Å². The minimum absolute atomic E-state index is 0.0133. The van der Waals surface area contributed by atoms with Crippen molar-refractivity contribution in [3.8, 4) is 0 Å². The first kappa shape index (κ1) is 13.6. The summed E-state index contributed by atoms with van der Waals surface area (Å²) in [6, 6.07) is 5.53. The largest absolute Gasteiger partial charge is 0.459 e. The van der Waals surface area contributed by atoms with Gasteiger partial charge in [-0.05, 0) is 37.0 Å². The number of anilines is 1. The Morgan fingerprint density at radius 2 is 1.88 bits per heavy atom. The summed E-state index contributed by atoms with van der Waals surface area (Å²) < 4.78 is 5.17. The Morgan fingerprint density at radius 1 is 1.29 bits per heavy atom. The first-order chi connectivity index (χ1) is 7.71. The third kappa shape index (κ3) is 3.48. The second-order valence-electron chi connectivity index (χ2n) is 5.51. The highest BCUT2D eigenvalue weighted by atomic mass is 16.5. The van der Waals surface area contributed by atoms with Crippen LogP contribution in [0.15, 0.2) is 18.2 Å². The van der Waals surface area contributed by atoms with Crippen LogP contribution >= 0.6 is 0 Å². The van der Waals surface area contributed by atoms with E-state index in [1.54, 1.807) is 6.07 Å². The molecule has 3 nitrogen and oxygen atoms in total. The first-order valence-corrected chi connectivity index (χ1v) is 5.83. The lowest BCUT2D eigenvalue weighted by Crippen LogP contribution is -2.16. The number of nitrogens with two attached hydrogens (primary N) is 1. The maximum atomic E-state index is 11.9. The smallest absolute Gasteiger partial charge is 0.340 e. The van der Waals surface area contributed by atoms with Gasteiger partial charge in [-0.1, -0.05) is 26.8 Å². The highest BCUT2D eigenvalue weighted by molar-refractivity contribution is 5.95.